The largest absolute Gasteiger partial charge is 0.390 e. The quantitative estimate of drug-likeness (QED) is 0.0958. The van der Waals surface area contributed by atoms with E-state index in [0.29, 0.717) is 28.9 Å². The number of nitrogens with one attached hydrogen (secondary N) is 5. The number of rotatable bonds is 17. The molecule has 1 saturated heterocycles. The van der Waals surface area contributed by atoms with Crippen LogP contribution < -0.4 is 21.3 Å². The second-order valence-electron chi connectivity index (χ2n) is 21.0. The van der Waals surface area contributed by atoms with Gasteiger partial charge in [0, 0.05) is 71.4 Å². The van der Waals surface area contributed by atoms with Crippen LogP contribution in [0.15, 0.2) is 109 Å². The number of ether oxygens (including phenoxy) is 2. The second kappa shape index (κ2) is 20.3. The molecule has 0 spiro atoms. The number of aromatic amines is 1. The summed E-state index contributed by atoms with van der Waals surface area (Å²) < 4.78 is 47.2. The predicted octanol–water partition coefficient (Wildman–Crippen LogP) is 3.62. The maximum absolute atomic E-state index is 17.9. The number of ketones is 1. The number of aliphatic hydroxyl groups excluding tert-OH is 2. The van der Waals surface area contributed by atoms with E-state index in [0.717, 1.165) is 28.2 Å². The molecule has 0 unspecified atom stereocenters. The van der Waals surface area contributed by atoms with Crippen LogP contribution in [0.4, 0.5) is 14.5 Å². The van der Waals surface area contributed by atoms with Crippen molar-refractivity contribution in [1.82, 2.24) is 30.8 Å². The Morgan fingerprint density at radius 2 is 1.64 bits per heavy atom. The van der Waals surface area contributed by atoms with Crippen molar-refractivity contribution in [3.63, 3.8) is 0 Å². The molecule has 18 nitrogen and oxygen atoms in total. The summed E-state index contributed by atoms with van der Waals surface area (Å²) in [6.07, 6.45) is 4.76. The van der Waals surface area contributed by atoms with Crippen molar-refractivity contribution in [3.05, 3.63) is 132 Å². The maximum Gasteiger partial charge on any atom is 0.253 e. The molecule has 2 aromatic carbocycles. The van der Waals surface area contributed by atoms with Gasteiger partial charge < -0.3 is 45.9 Å². The highest BCUT2D eigenvalue weighted by molar-refractivity contribution is 6.13. The highest BCUT2D eigenvalue weighted by Gasteiger charge is 2.80. The van der Waals surface area contributed by atoms with Crippen molar-refractivity contribution in [2.45, 2.75) is 120 Å². The number of benzene rings is 2. The number of H-pyrrole nitrogens is 1. The molecule has 75 heavy (non-hydrogen) atoms. The number of carbonyl (C=O) groups excluding carboxylic acids is 7. The molecule has 4 fully saturated rings. The van der Waals surface area contributed by atoms with Gasteiger partial charge in [-0.25, -0.2) is 13.8 Å². The Labute approximate surface area is 431 Å². The van der Waals surface area contributed by atoms with Crippen LogP contribution in [0.25, 0.3) is 0 Å². The van der Waals surface area contributed by atoms with E-state index < -0.39 is 125 Å². The lowest BCUT2D eigenvalue weighted by Gasteiger charge is -2.63. The number of aliphatic hydroxyl groups is 2. The number of nitrogens with zero attached hydrogens (tertiary/aromatic N) is 2. The minimum absolute atomic E-state index is 0.0162. The molecule has 0 radical (unpaired) electrons. The fourth-order valence-electron chi connectivity index (χ4n) is 12.6. The zero-order chi connectivity index (χ0) is 53.8. The molecule has 0 bridgehead atoms. The van der Waals surface area contributed by atoms with Gasteiger partial charge in [-0.2, -0.15) is 0 Å². The average molecular weight is 1030 g/mol. The number of allylic oxidation sites excluding steroid dienone is 5. The summed E-state index contributed by atoms with van der Waals surface area (Å²) >= 11 is 0. The van der Waals surface area contributed by atoms with Crippen LogP contribution in [0.2, 0.25) is 0 Å². The van der Waals surface area contributed by atoms with Crippen molar-refractivity contribution in [2.24, 2.45) is 22.7 Å². The number of hydrogen-bond acceptors (Lipinski definition) is 12. The first-order valence-electron chi connectivity index (χ1n) is 25.1. The Hall–Kier alpha value is -7.00. The van der Waals surface area contributed by atoms with E-state index in [2.05, 4.69) is 37.8 Å². The Balaban J connectivity index is 0.795. The molecule has 1 aromatic heterocycles. The number of fused-ring (bicyclic) bond motifs is 7. The van der Waals surface area contributed by atoms with Gasteiger partial charge in [0.2, 0.25) is 23.6 Å². The number of aromatic nitrogens is 2. The average Bonchev–Trinajstić information content (AvgIpc) is 4.28. The highest BCUT2D eigenvalue weighted by Crippen LogP contribution is 2.72. The number of carbonyl (C=O) groups is 7. The summed E-state index contributed by atoms with van der Waals surface area (Å²) in [6.45, 7) is 9.12. The number of amides is 6. The summed E-state index contributed by atoms with van der Waals surface area (Å²) in [6, 6.07) is 11.1. The molecule has 2 aliphatic heterocycles. The molecule has 6 aliphatic rings. The second-order valence-corrected chi connectivity index (χ2v) is 21.0. The lowest BCUT2D eigenvalue weighted by Crippen LogP contribution is -2.70. The van der Waals surface area contributed by atoms with E-state index in [-0.39, 0.29) is 44.2 Å². The minimum atomic E-state index is -2.26. The summed E-state index contributed by atoms with van der Waals surface area (Å²) in [5.74, 6) is -5.89. The maximum atomic E-state index is 17.9. The number of imide groups is 1. The predicted molar refractivity (Wildman–Crippen MR) is 266 cm³/mol. The third-order valence-electron chi connectivity index (χ3n) is 16.5. The minimum Gasteiger partial charge on any atom is -0.390 e. The van der Waals surface area contributed by atoms with Crippen LogP contribution in [-0.2, 0) is 55.9 Å². The zero-order valence-corrected chi connectivity index (χ0v) is 41.9. The first-order chi connectivity index (χ1) is 35.6. The number of imidazole rings is 1. The van der Waals surface area contributed by atoms with Crippen LogP contribution in [0, 0.1) is 22.7 Å². The smallest absolute Gasteiger partial charge is 0.253 e. The molecule has 6 amide bonds. The Morgan fingerprint density at radius 3 is 2.33 bits per heavy atom. The highest BCUT2D eigenvalue weighted by atomic mass is 19.1. The first kappa shape index (κ1) is 52.8. The van der Waals surface area contributed by atoms with Gasteiger partial charge in [0.15, 0.2) is 23.3 Å². The third kappa shape index (κ3) is 9.35. The van der Waals surface area contributed by atoms with Gasteiger partial charge in [0.25, 0.3) is 11.8 Å². The van der Waals surface area contributed by atoms with E-state index in [1.165, 1.54) is 26.4 Å². The van der Waals surface area contributed by atoms with Gasteiger partial charge in [-0.05, 0) is 86.8 Å². The SMILES string of the molecule is C=C1C=C[C@@]2(C)C(=C1)[C@@H](F)C[C@H]1[C@@H]3C[C@H]4O[C@@H](c5ccc(Cc6cccc(NC(=O)[C@H](C)NC(=O)[C@H](C)NC(=O)[C@H](Cc7cnc[nH]7)NC(=O)CCN7C(=O)C=CC7=O)c6)cc5)O[C@@]4(C(=O)CO)[C@@]3(C)C[C@H](O)[C@@]12F. The lowest BCUT2D eigenvalue weighted by atomic mass is 9.44. The van der Waals surface area contributed by atoms with Gasteiger partial charge in [-0.3, -0.25) is 38.5 Å². The van der Waals surface area contributed by atoms with E-state index >= 15 is 8.78 Å². The number of hydrogen-bond donors (Lipinski definition) is 7. The molecule has 3 saturated carbocycles. The van der Waals surface area contributed by atoms with Crippen LogP contribution in [0.1, 0.15) is 82.1 Å². The van der Waals surface area contributed by atoms with Gasteiger partial charge in [0.05, 0.1) is 18.5 Å². The number of anilines is 1. The molecule has 396 valence electrons. The zero-order valence-electron chi connectivity index (χ0n) is 41.9. The molecule has 20 heteroatoms. The first-order valence-corrected chi connectivity index (χ1v) is 25.1. The van der Waals surface area contributed by atoms with E-state index in [9.17, 15) is 43.8 Å². The normalized spacial score (nSPS) is 31.5. The van der Waals surface area contributed by atoms with Crippen molar-refractivity contribution in [2.75, 3.05) is 18.5 Å². The van der Waals surface area contributed by atoms with Gasteiger partial charge in [-0.1, -0.05) is 68.1 Å². The molecular formula is C55H61F2N7O11. The monoisotopic (exact) mass is 1030 g/mol. The Kier molecular flexibility index (Phi) is 14.3. The van der Waals surface area contributed by atoms with Crippen molar-refractivity contribution >= 4 is 46.9 Å². The lowest BCUT2D eigenvalue weighted by molar-refractivity contribution is -0.235. The van der Waals surface area contributed by atoms with E-state index in [1.807, 2.05) is 18.2 Å². The Morgan fingerprint density at radius 1 is 0.933 bits per heavy atom. The fourth-order valence-corrected chi connectivity index (χ4v) is 12.6. The standard InChI is InChI=1S/C55H61F2N7O11/c1-29-15-17-52(4)39(19-29)40(56)23-38-37-24-44-55(43(67)27-65,53(37,5)25-42(66)54(38,52)57)75-51(74-44)34-11-9-32(10-12-34)20-33-7-6-8-35(21-33)62-49(72)31(3)60-48(71)30(2)61-50(73)41(22-36-26-58-28-59-36)63-45(68)16-18-64-46(69)13-14-47(64)70/h6-15,17,19,21,26,28,30-31,37-38,40-42,44,51,65-66H,1,16,18,20,22-25,27H2,2-5H3,(H,58,59)(H,60,71)(H,61,73)(H,62,72)(H,63,68)/t30-,31-,37-,38-,40-,41-,42-,44+,51+,52-,53-,54-,55+/m0/s1. The number of halogens is 2. The van der Waals surface area contributed by atoms with Crippen LogP contribution in [0.5, 0.6) is 0 Å². The topological polar surface area (TPSA) is 258 Å². The molecular weight excluding hydrogens is 973 g/mol. The van der Waals surface area contributed by atoms with E-state index in [1.54, 1.807) is 62.4 Å². The van der Waals surface area contributed by atoms with Crippen LogP contribution in [-0.4, -0.2) is 127 Å². The van der Waals surface area contributed by atoms with Crippen LogP contribution >= 0.6 is 0 Å². The molecule has 3 aromatic rings. The van der Waals surface area contributed by atoms with Crippen molar-refractivity contribution < 1.29 is 62.0 Å². The van der Waals surface area contributed by atoms with Crippen molar-refractivity contribution in [3.8, 4) is 0 Å². The fraction of sp³-hybridized carbons (Fsp3) is 0.455. The third-order valence-corrected chi connectivity index (χ3v) is 16.5. The summed E-state index contributed by atoms with van der Waals surface area (Å²) in [4.78, 5) is 98.4. The Bertz CT molecular complexity index is 2890. The van der Waals surface area contributed by atoms with Crippen LogP contribution in [0.3, 0.4) is 0 Å². The van der Waals surface area contributed by atoms with Gasteiger partial charge in [-0.15, -0.1) is 0 Å². The molecule has 7 N–H and O–H groups in total. The summed E-state index contributed by atoms with van der Waals surface area (Å²) in [5, 5.41) is 32.8. The van der Waals surface area contributed by atoms with Gasteiger partial charge in [0.1, 0.15) is 30.9 Å². The molecule has 3 heterocycles. The number of alkyl halides is 2. The van der Waals surface area contributed by atoms with Gasteiger partial charge >= 0.3 is 0 Å². The number of Topliss-reactive ketones (excluding diaryl/α,β-unsaturated/α-hetero) is 1. The molecule has 13 atom stereocenters. The summed E-state index contributed by atoms with van der Waals surface area (Å²) in [7, 11) is 0. The van der Waals surface area contributed by atoms with E-state index in [4.69, 9.17) is 9.47 Å². The summed E-state index contributed by atoms with van der Waals surface area (Å²) in [5.41, 5.74) is -2.64. The van der Waals surface area contributed by atoms with Crippen molar-refractivity contribution in [1.29, 1.82) is 0 Å². The molecule has 4 aliphatic carbocycles. The molecule has 9 rings (SSSR count).